The number of carbonyl (C=O) groups excluding carboxylic acids is 1. The number of methoxy groups -OCH3 is 1. The van der Waals surface area contributed by atoms with Gasteiger partial charge in [-0.25, -0.2) is 4.79 Å². The van der Waals surface area contributed by atoms with Crippen LogP contribution in [0.4, 0.5) is 5.69 Å². The van der Waals surface area contributed by atoms with Gasteiger partial charge in [0.2, 0.25) is 0 Å². The molecular weight excluding hydrogens is 326 g/mol. The topological polar surface area (TPSA) is 93.9 Å². The molecule has 0 spiro atoms. The minimum absolute atomic E-state index is 0. The summed E-state index contributed by atoms with van der Waals surface area (Å²) in [5.74, 6) is -0.540. The average molecular weight is 348 g/mol. The van der Waals surface area contributed by atoms with Gasteiger partial charge in [0, 0.05) is 25.7 Å². The Kier molecular flexibility index (Phi) is 9.87. The quantitative estimate of drug-likeness (QED) is 0.407. The van der Waals surface area contributed by atoms with Crippen molar-refractivity contribution in [3.8, 4) is 5.75 Å². The Morgan fingerprint density at radius 3 is 2.70 bits per heavy atom. The lowest BCUT2D eigenvalue weighted by molar-refractivity contribution is -0.385. The van der Waals surface area contributed by atoms with Gasteiger partial charge in [-0.2, -0.15) is 0 Å². The van der Waals surface area contributed by atoms with Crippen molar-refractivity contribution >= 4 is 24.1 Å². The fourth-order valence-electron chi connectivity index (χ4n) is 1.82. The van der Waals surface area contributed by atoms with Crippen LogP contribution in [0.15, 0.2) is 18.2 Å². The van der Waals surface area contributed by atoms with E-state index >= 15 is 0 Å². The number of carbonyl (C=O) groups is 1. The van der Waals surface area contributed by atoms with Crippen LogP contribution < -0.4 is 10.1 Å². The van der Waals surface area contributed by atoms with Crippen LogP contribution in [0.1, 0.15) is 5.56 Å². The molecule has 0 aliphatic carbocycles. The van der Waals surface area contributed by atoms with Crippen LogP contribution in [0.5, 0.6) is 5.75 Å². The van der Waals surface area contributed by atoms with Crippen molar-refractivity contribution in [3.63, 3.8) is 0 Å². The second kappa shape index (κ2) is 10.8. The number of ether oxygens (including phenoxy) is 2. The second-order valence-corrected chi connectivity index (χ2v) is 4.77. The summed E-state index contributed by atoms with van der Waals surface area (Å²) in [5, 5.41) is 14.2. The molecule has 1 rings (SSSR count). The number of rotatable bonds is 9. The molecule has 0 heterocycles. The van der Waals surface area contributed by atoms with Gasteiger partial charge in [0.1, 0.15) is 0 Å². The molecule has 0 aromatic heterocycles. The highest BCUT2D eigenvalue weighted by molar-refractivity contribution is 5.85. The summed E-state index contributed by atoms with van der Waals surface area (Å²) in [6.45, 7) is 1.88. The number of benzene rings is 1. The fourth-order valence-corrected chi connectivity index (χ4v) is 1.82. The Morgan fingerprint density at radius 1 is 1.43 bits per heavy atom. The van der Waals surface area contributed by atoms with Crippen LogP contribution in [0.25, 0.3) is 0 Å². The van der Waals surface area contributed by atoms with Crippen LogP contribution in [-0.2, 0) is 16.1 Å². The van der Waals surface area contributed by atoms with E-state index in [4.69, 9.17) is 4.74 Å². The summed E-state index contributed by atoms with van der Waals surface area (Å²) >= 11 is 0. The van der Waals surface area contributed by atoms with Crippen LogP contribution in [0.3, 0.4) is 0 Å². The second-order valence-electron chi connectivity index (χ2n) is 4.77. The van der Waals surface area contributed by atoms with Crippen molar-refractivity contribution in [1.29, 1.82) is 0 Å². The van der Waals surface area contributed by atoms with Gasteiger partial charge in [0.25, 0.3) is 0 Å². The molecule has 0 amide bonds. The van der Waals surface area contributed by atoms with Gasteiger partial charge < -0.3 is 19.7 Å². The molecule has 9 heteroatoms. The van der Waals surface area contributed by atoms with E-state index in [2.05, 4.69) is 10.1 Å². The molecule has 0 saturated carbocycles. The third-order valence-electron chi connectivity index (χ3n) is 2.99. The normalized spacial score (nSPS) is 10.1. The molecule has 0 fully saturated rings. The predicted octanol–water partition coefficient (Wildman–Crippen LogP) is 1.22. The molecule has 0 aliphatic heterocycles. The van der Waals surface area contributed by atoms with E-state index in [1.54, 1.807) is 6.07 Å². The molecule has 1 aromatic carbocycles. The lowest BCUT2D eigenvalue weighted by Crippen LogP contribution is -2.26. The lowest BCUT2D eigenvalue weighted by atomic mass is 10.1. The van der Waals surface area contributed by atoms with Crippen LogP contribution >= 0.6 is 12.4 Å². The van der Waals surface area contributed by atoms with Gasteiger partial charge in [0.15, 0.2) is 12.4 Å². The monoisotopic (exact) mass is 347 g/mol. The van der Waals surface area contributed by atoms with Gasteiger partial charge >= 0.3 is 11.7 Å². The molecule has 1 aromatic rings. The Hall–Kier alpha value is -1.90. The molecule has 0 aliphatic rings. The van der Waals surface area contributed by atoms with E-state index in [1.807, 2.05) is 19.0 Å². The first-order chi connectivity index (χ1) is 10.5. The van der Waals surface area contributed by atoms with Crippen molar-refractivity contribution in [2.45, 2.75) is 6.54 Å². The van der Waals surface area contributed by atoms with Gasteiger partial charge in [-0.15, -0.1) is 12.4 Å². The fraction of sp³-hybridized carbons (Fsp3) is 0.500. The summed E-state index contributed by atoms with van der Waals surface area (Å²) in [5.41, 5.74) is 0.638. The van der Waals surface area contributed by atoms with E-state index < -0.39 is 10.9 Å². The number of nitro groups is 1. The summed E-state index contributed by atoms with van der Waals surface area (Å²) in [4.78, 5) is 23.7. The number of likely N-dealkylation sites (N-methyl/N-ethyl adjacent to an activating group) is 2. The maximum Gasteiger partial charge on any atom is 0.343 e. The van der Waals surface area contributed by atoms with Crippen molar-refractivity contribution in [3.05, 3.63) is 33.9 Å². The highest BCUT2D eigenvalue weighted by Gasteiger charge is 2.17. The summed E-state index contributed by atoms with van der Waals surface area (Å²) in [6, 6.07) is 4.71. The molecule has 130 valence electrons. The maximum atomic E-state index is 11.1. The first-order valence-corrected chi connectivity index (χ1v) is 6.78. The number of nitro benzene ring substituents is 1. The molecular formula is C14H22ClN3O5. The molecule has 0 radical (unpaired) electrons. The van der Waals surface area contributed by atoms with E-state index in [1.165, 1.54) is 19.2 Å². The van der Waals surface area contributed by atoms with Crippen molar-refractivity contribution in [1.82, 2.24) is 10.2 Å². The zero-order chi connectivity index (χ0) is 16.5. The number of esters is 1. The third kappa shape index (κ3) is 7.27. The molecule has 0 unspecified atom stereocenters. The molecule has 0 bridgehead atoms. The lowest BCUT2D eigenvalue weighted by Gasteiger charge is -2.16. The van der Waals surface area contributed by atoms with Crippen LogP contribution in [0, 0.1) is 10.1 Å². The SMILES string of the molecule is CNCCN(C)Cc1ccc(OCC(=O)OC)c([N+](=O)[O-])c1.Cl. The predicted molar refractivity (Wildman–Crippen MR) is 88.1 cm³/mol. The molecule has 1 N–H and O–H groups in total. The summed E-state index contributed by atoms with van der Waals surface area (Å²) in [6.07, 6.45) is 0. The van der Waals surface area contributed by atoms with E-state index in [0.717, 1.165) is 18.7 Å². The summed E-state index contributed by atoms with van der Waals surface area (Å²) < 4.78 is 9.58. The van der Waals surface area contributed by atoms with Gasteiger partial charge in [-0.05, 0) is 25.7 Å². The number of nitrogens with one attached hydrogen (secondary N) is 1. The van der Waals surface area contributed by atoms with Crippen molar-refractivity contribution in [2.24, 2.45) is 0 Å². The zero-order valence-electron chi connectivity index (χ0n) is 13.4. The molecule has 23 heavy (non-hydrogen) atoms. The number of hydrogen-bond donors (Lipinski definition) is 1. The van der Waals surface area contributed by atoms with E-state index in [9.17, 15) is 14.9 Å². The van der Waals surface area contributed by atoms with Crippen molar-refractivity contribution in [2.75, 3.05) is 40.9 Å². The van der Waals surface area contributed by atoms with Gasteiger partial charge in [-0.3, -0.25) is 10.1 Å². The average Bonchev–Trinajstić information content (AvgIpc) is 2.50. The van der Waals surface area contributed by atoms with E-state index in [-0.39, 0.29) is 30.5 Å². The minimum Gasteiger partial charge on any atom is -0.475 e. The first kappa shape index (κ1) is 21.1. The molecule has 8 nitrogen and oxygen atoms in total. The van der Waals surface area contributed by atoms with Crippen LogP contribution in [-0.4, -0.2) is 56.7 Å². The third-order valence-corrected chi connectivity index (χ3v) is 2.99. The van der Waals surface area contributed by atoms with Crippen LogP contribution in [0.2, 0.25) is 0 Å². The summed E-state index contributed by atoms with van der Waals surface area (Å²) in [7, 11) is 5.03. The Balaban J connectivity index is 0.00000484. The number of hydrogen-bond acceptors (Lipinski definition) is 7. The van der Waals surface area contributed by atoms with Gasteiger partial charge in [0.05, 0.1) is 12.0 Å². The highest BCUT2D eigenvalue weighted by Crippen LogP contribution is 2.28. The Labute approximate surface area is 141 Å². The van der Waals surface area contributed by atoms with E-state index in [0.29, 0.717) is 6.54 Å². The minimum atomic E-state index is -0.592. The largest absolute Gasteiger partial charge is 0.475 e. The Morgan fingerprint density at radius 2 is 2.13 bits per heavy atom. The Bertz CT molecular complexity index is 527. The number of nitrogens with zero attached hydrogens (tertiary/aromatic N) is 2. The zero-order valence-corrected chi connectivity index (χ0v) is 14.2. The molecule has 0 atom stereocenters. The van der Waals surface area contributed by atoms with Gasteiger partial charge in [-0.1, -0.05) is 6.07 Å². The van der Waals surface area contributed by atoms with Crippen molar-refractivity contribution < 1.29 is 19.2 Å². The standard InChI is InChI=1S/C14H21N3O5.ClH/c1-15-6-7-16(2)9-11-4-5-13(12(8-11)17(19)20)22-10-14(18)21-3;/h4-5,8,15H,6-7,9-10H2,1-3H3;1H. The smallest absolute Gasteiger partial charge is 0.343 e. The molecule has 0 saturated heterocycles. The number of halogens is 1. The first-order valence-electron chi connectivity index (χ1n) is 6.78. The highest BCUT2D eigenvalue weighted by atomic mass is 35.5. The maximum absolute atomic E-state index is 11.1.